The quantitative estimate of drug-likeness (QED) is 0.322. The van der Waals surface area contributed by atoms with E-state index < -0.39 is 11.7 Å². The van der Waals surface area contributed by atoms with Crippen LogP contribution >= 0.6 is 11.3 Å². The summed E-state index contributed by atoms with van der Waals surface area (Å²) in [6, 6.07) is 23.2. The summed E-state index contributed by atoms with van der Waals surface area (Å²) in [5.41, 5.74) is 4.06. The van der Waals surface area contributed by atoms with Crippen LogP contribution < -0.4 is 4.74 Å². The number of benzene rings is 3. The number of rotatable bonds is 4. The van der Waals surface area contributed by atoms with Crippen molar-refractivity contribution in [1.82, 2.24) is 0 Å². The Bertz CT molecular complexity index is 1140. The molecule has 0 unspecified atom stereocenters. The van der Waals surface area contributed by atoms with Gasteiger partial charge in [0.15, 0.2) is 0 Å². The van der Waals surface area contributed by atoms with Gasteiger partial charge in [0, 0.05) is 10.4 Å². The minimum atomic E-state index is -4.36. The first-order valence-corrected chi connectivity index (χ1v) is 10.2. The molecule has 1 nitrogen and oxygen atoms in total. The molecule has 3 aromatic carbocycles. The number of hydrogen-bond acceptors (Lipinski definition) is 2. The minimum absolute atomic E-state index is 0.657. The maximum atomic E-state index is 13.0. The third-order valence-electron chi connectivity index (χ3n) is 4.92. The first-order chi connectivity index (χ1) is 14.4. The largest absolute Gasteiger partial charge is 0.495 e. The van der Waals surface area contributed by atoms with E-state index in [4.69, 9.17) is 4.74 Å². The Balaban J connectivity index is 1.95. The topological polar surface area (TPSA) is 9.23 Å². The molecular weight excluding hydrogens is 405 g/mol. The fourth-order valence-electron chi connectivity index (χ4n) is 3.39. The van der Waals surface area contributed by atoms with Crippen molar-refractivity contribution >= 4 is 11.3 Å². The highest BCUT2D eigenvalue weighted by molar-refractivity contribution is 7.20. The molecule has 1 heterocycles. The molecule has 0 aliphatic rings. The Kier molecular flexibility index (Phi) is 5.39. The van der Waals surface area contributed by atoms with Gasteiger partial charge in [-0.2, -0.15) is 13.2 Å². The smallest absolute Gasteiger partial charge is 0.416 e. The van der Waals surface area contributed by atoms with Gasteiger partial charge in [-0.15, -0.1) is 11.3 Å². The molecule has 152 valence electrons. The second kappa shape index (κ2) is 8.00. The lowest BCUT2D eigenvalue weighted by Gasteiger charge is -2.10. The van der Waals surface area contributed by atoms with Gasteiger partial charge in [-0.3, -0.25) is 0 Å². The van der Waals surface area contributed by atoms with Gasteiger partial charge < -0.3 is 4.74 Å². The number of halogens is 3. The lowest BCUT2D eigenvalue weighted by Crippen LogP contribution is -2.03. The molecule has 4 rings (SSSR count). The Morgan fingerprint density at radius 2 is 1.27 bits per heavy atom. The highest BCUT2D eigenvalue weighted by Crippen LogP contribution is 2.52. The number of hydrogen-bond donors (Lipinski definition) is 0. The summed E-state index contributed by atoms with van der Waals surface area (Å²) in [5.74, 6) is 0.727. The first kappa shape index (κ1) is 20.2. The molecule has 0 radical (unpaired) electrons. The van der Waals surface area contributed by atoms with E-state index >= 15 is 0 Å². The van der Waals surface area contributed by atoms with Crippen molar-refractivity contribution in [2.45, 2.75) is 13.1 Å². The summed E-state index contributed by atoms with van der Waals surface area (Å²) < 4.78 is 44.9. The fraction of sp³-hybridized carbons (Fsp3) is 0.120. The molecule has 0 bridgehead atoms. The zero-order chi connectivity index (χ0) is 21.3. The summed E-state index contributed by atoms with van der Waals surface area (Å²) in [6.07, 6.45) is -4.36. The van der Waals surface area contributed by atoms with E-state index in [0.29, 0.717) is 0 Å². The van der Waals surface area contributed by atoms with Crippen LogP contribution in [0.2, 0.25) is 0 Å². The number of ether oxygens (including phenoxy) is 1. The summed E-state index contributed by atoms with van der Waals surface area (Å²) in [6.45, 7) is 2.01. The lowest BCUT2D eigenvalue weighted by atomic mass is 9.98. The highest BCUT2D eigenvalue weighted by atomic mass is 32.1. The summed E-state index contributed by atoms with van der Waals surface area (Å²) in [7, 11) is 1.63. The normalized spacial score (nSPS) is 11.5. The zero-order valence-corrected chi connectivity index (χ0v) is 17.3. The van der Waals surface area contributed by atoms with Gasteiger partial charge in [-0.25, -0.2) is 0 Å². The Morgan fingerprint density at radius 3 is 1.83 bits per heavy atom. The van der Waals surface area contributed by atoms with E-state index in [2.05, 4.69) is 0 Å². The van der Waals surface area contributed by atoms with Crippen LogP contribution in [0.5, 0.6) is 5.75 Å². The van der Waals surface area contributed by atoms with Crippen LogP contribution in [0.4, 0.5) is 13.2 Å². The van der Waals surface area contributed by atoms with Gasteiger partial charge in [0.2, 0.25) is 0 Å². The Labute approximate surface area is 177 Å². The van der Waals surface area contributed by atoms with Crippen molar-refractivity contribution in [3.05, 3.63) is 90.0 Å². The molecule has 1 aromatic heterocycles. The van der Waals surface area contributed by atoms with Crippen molar-refractivity contribution in [2.24, 2.45) is 0 Å². The van der Waals surface area contributed by atoms with Crippen LogP contribution in [-0.2, 0) is 6.18 Å². The van der Waals surface area contributed by atoms with Crippen LogP contribution in [0.25, 0.3) is 32.0 Å². The second-order valence-electron chi connectivity index (χ2n) is 6.98. The molecule has 0 saturated heterocycles. The monoisotopic (exact) mass is 424 g/mol. The number of alkyl halides is 3. The Morgan fingerprint density at radius 1 is 0.700 bits per heavy atom. The van der Waals surface area contributed by atoms with Crippen molar-refractivity contribution in [3.63, 3.8) is 0 Å². The number of thiophene rings is 1. The predicted octanol–water partition coefficient (Wildman–Crippen LogP) is 8.08. The van der Waals surface area contributed by atoms with E-state index in [1.165, 1.54) is 23.5 Å². The molecule has 0 amide bonds. The standard InChI is InChI=1S/C25H19F3OS/c1-16-8-10-17(11-9-16)21-22(29-2)24(18-6-4-3-5-7-18)30-23(21)19-12-14-20(15-13-19)25(26,27)28/h3-15H,1-2H3. The van der Waals surface area contributed by atoms with E-state index in [1.807, 2.05) is 61.5 Å². The molecule has 0 N–H and O–H groups in total. The van der Waals surface area contributed by atoms with Gasteiger partial charge in [0.1, 0.15) is 5.75 Å². The third kappa shape index (κ3) is 3.85. The third-order valence-corrected chi connectivity index (χ3v) is 6.19. The van der Waals surface area contributed by atoms with Gasteiger partial charge in [-0.05, 0) is 35.7 Å². The minimum Gasteiger partial charge on any atom is -0.495 e. The van der Waals surface area contributed by atoms with Crippen molar-refractivity contribution in [3.8, 4) is 37.8 Å². The predicted molar refractivity (Wildman–Crippen MR) is 117 cm³/mol. The van der Waals surface area contributed by atoms with Gasteiger partial charge in [0.05, 0.1) is 17.6 Å². The second-order valence-corrected chi connectivity index (χ2v) is 8.00. The van der Waals surface area contributed by atoms with Crippen LogP contribution in [0.3, 0.4) is 0 Å². The molecule has 0 atom stereocenters. The highest BCUT2D eigenvalue weighted by Gasteiger charge is 2.30. The van der Waals surface area contributed by atoms with Gasteiger partial charge in [-0.1, -0.05) is 72.3 Å². The van der Waals surface area contributed by atoms with E-state index in [0.717, 1.165) is 55.5 Å². The van der Waals surface area contributed by atoms with Gasteiger partial charge in [0.25, 0.3) is 0 Å². The lowest BCUT2D eigenvalue weighted by molar-refractivity contribution is -0.137. The van der Waals surface area contributed by atoms with Crippen molar-refractivity contribution < 1.29 is 17.9 Å². The number of methoxy groups -OCH3 is 1. The zero-order valence-electron chi connectivity index (χ0n) is 16.5. The first-order valence-electron chi connectivity index (χ1n) is 9.39. The number of aryl methyl sites for hydroxylation is 1. The van der Waals surface area contributed by atoms with Crippen LogP contribution in [-0.4, -0.2) is 7.11 Å². The molecule has 0 fully saturated rings. The summed E-state index contributed by atoms with van der Waals surface area (Å²) >= 11 is 1.52. The maximum absolute atomic E-state index is 13.0. The molecule has 4 aromatic rings. The SMILES string of the molecule is COc1c(-c2ccccc2)sc(-c2ccc(C(F)(F)F)cc2)c1-c1ccc(C)cc1. The molecule has 30 heavy (non-hydrogen) atoms. The molecule has 0 aliphatic carbocycles. The van der Waals surface area contributed by atoms with Crippen LogP contribution in [0.15, 0.2) is 78.9 Å². The van der Waals surface area contributed by atoms with E-state index in [1.54, 1.807) is 7.11 Å². The summed E-state index contributed by atoms with van der Waals surface area (Å²) in [5, 5.41) is 0. The van der Waals surface area contributed by atoms with Crippen LogP contribution in [0, 0.1) is 6.92 Å². The molecule has 0 aliphatic heterocycles. The molecule has 0 spiro atoms. The molecule has 5 heteroatoms. The molecule has 0 saturated carbocycles. The molecular formula is C25H19F3OS. The maximum Gasteiger partial charge on any atom is 0.416 e. The summed E-state index contributed by atoms with van der Waals surface area (Å²) in [4.78, 5) is 1.83. The van der Waals surface area contributed by atoms with E-state index in [9.17, 15) is 13.2 Å². The van der Waals surface area contributed by atoms with Crippen molar-refractivity contribution in [1.29, 1.82) is 0 Å². The van der Waals surface area contributed by atoms with Crippen LogP contribution in [0.1, 0.15) is 11.1 Å². The fourth-order valence-corrected chi connectivity index (χ4v) is 4.69. The average molecular weight is 424 g/mol. The van der Waals surface area contributed by atoms with Crippen molar-refractivity contribution in [2.75, 3.05) is 7.11 Å². The van der Waals surface area contributed by atoms with Gasteiger partial charge >= 0.3 is 6.18 Å². The van der Waals surface area contributed by atoms with E-state index in [-0.39, 0.29) is 0 Å². The average Bonchev–Trinajstić information content (AvgIpc) is 3.14. The Hall–Kier alpha value is -3.05.